The lowest BCUT2D eigenvalue weighted by atomic mass is 9.98. The molecule has 1 aromatic heterocycles. The first-order valence-corrected chi connectivity index (χ1v) is 7.61. The Morgan fingerprint density at radius 3 is 2.68 bits per heavy atom. The van der Waals surface area contributed by atoms with E-state index in [1.807, 2.05) is 4.90 Å². The standard InChI is InChI=1S/C17H21N3O2/c1-4-9-20-16(12-7-5-11(2)6-8-12)14-13(10-22-3)18-19-15(14)17(20)21/h5-8,16H,4,9-10H2,1-3H3,(H,18,19). The van der Waals surface area contributed by atoms with Crippen LogP contribution < -0.4 is 0 Å². The average molecular weight is 299 g/mol. The van der Waals surface area contributed by atoms with Crippen LogP contribution in [0.4, 0.5) is 0 Å². The molecule has 1 aliphatic rings. The van der Waals surface area contributed by atoms with E-state index in [9.17, 15) is 4.79 Å². The number of fused-ring (bicyclic) bond motifs is 1. The van der Waals surface area contributed by atoms with Crippen molar-refractivity contribution in [2.24, 2.45) is 0 Å². The number of ether oxygens (including phenoxy) is 1. The first-order chi connectivity index (χ1) is 10.7. The summed E-state index contributed by atoms with van der Waals surface area (Å²) < 4.78 is 5.24. The van der Waals surface area contributed by atoms with Gasteiger partial charge in [0, 0.05) is 19.2 Å². The summed E-state index contributed by atoms with van der Waals surface area (Å²) in [6, 6.07) is 8.27. The number of amides is 1. The fourth-order valence-corrected chi connectivity index (χ4v) is 3.07. The second-order valence-corrected chi connectivity index (χ2v) is 5.71. The largest absolute Gasteiger partial charge is 0.378 e. The predicted octanol–water partition coefficient (Wildman–Crippen LogP) is 2.82. The predicted molar refractivity (Wildman–Crippen MR) is 83.7 cm³/mol. The molecule has 2 aromatic rings. The van der Waals surface area contributed by atoms with E-state index in [0.29, 0.717) is 12.3 Å². The first kappa shape index (κ1) is 14.8. The highest BCUT2D eigenvalue weighted by atomic mass is 16.5. The molecule has 3 rings (SSSR count). The Labute approximate surface area is 130 Å². The van der Waals surface area contributed by atoms with Gasteiger partial charge in [0.15, 0.2) is 5.69 Å². The summed E-state index contributed by atoms with van der Waals surface area (Å²) in [7, 11) is 1.65. The molecule has 0 fully saturated rings. The number of methoxy groups -OCH3 is 1. The van der Waals surface area contributed by atoms with Crippen molar-refractivity contribution in [2.45, 2.75) is 32.9 Å². The van der Waals surface area contributed by atoms with E-state index >= 15 is 0 Å². The Morgan fingerprint density at radius 1 is 1.32 bits per heavy atom. The topological polar surface area (TPSA) is 58.2 Å². The summed E-state index contributed by atoms with van der Waals surface area (Å²) in [5, 5.41) is 7.18. The third-order valence-electron chi connectivity index (χ3n) is 4.08. The zero-order valence-electron chi connectivity index (χ0n) is 13.2. The number of nitrogens with one attached hydrogen (secondary N) is 1. The van der Waals surface area contributed by atoms with Gasteiger partial charge in [0.25, 0.3) is 5.91 Å². The number of aryl methyl sites for hydroxylation is 1. The van der Waals surface area contributed by atoms with Gasteiger partial charge in [0.1, 0.15) is 0 Å². The van der Waals surface area contributed by atoms with Gasteiger partial charge in [-0.1, -0.05) is 36.8 Å². The quantitative estimate of drug-likeness (QED) is 0.923. The van der Waals surface area contributed by atoms with E-state index in [1.54, 1.807) is 7.11 Å². The summed E-state index contributed by atoms with van der Waals surface area (Å²) in [6.45, 7) is 5.29. The van der Waals surface area contributed by atoms with Crippen LogP contribution in [0.3, 0.4) is 0 Å². The number of hydrogen-bond donors (Lipinski definition) is 1. The molecule has 5 nitrogen and oxygen atoms in total. The van der Waals surface area contributed by atoms with Crippen LogP contribution in [0.5, 0.6) is 0 Å². The van der Waals surface area contributed by atoms with Crippen molar-refractivity contribution < 1.29 is 9.53 Å². The fourth-order valence-electron chi connectivity index (χ4n) is 3.07. The molecule has 1 atom stereocenters. The van der Waals surface area contributed by atoms with E-state index in [1.165, 1.54) is 5.56 Å². The summed E-state index contributed by atoms with van der Waals surface area (Å²) in [4.78, 5) is 14.6. The third kappa shape index (κ3) is 2.31. The van der Waals surface area contributed by atoms with Crippen LogP contribution >= 0.6 is 0 Å². The number of carbonyl (C=O) groups is 1. The van der Waals surface area contributed by atoms with Gasteiger partial charge in [-0.25, -0.2) is 0 Å². The molecule has 2 heterocycles. The van der Waals surface area contributed by atoms with E-state index in [0.717, 1.165) is 29.8 Å². The minimum atomic E-state index is -0.0769. The summed E-state index contributed by atoms with van der Waals surface area (Å²) in [5.74, 6) is 0.000952. The molecular weight excluding hydrogens is 278 g/mol. The highest BCUT2D eigenvalue weighted by Gasteiger charge is 2.41. The van der Waals surface area contributed by atoms with Gasteiger partial charge >= 0.3 is 0 Å². The van der Waals surface area contributed by atoms with Crippen LogP contribution in [0, 0.1) is 6.92 Å². The number of H-pyrrole nitrogens is 1. The molecule has 1 aliphatic heterocycles. The Bertz CT molecular complexity index is 676. The fraction of sp³-hybridized carbons (Fsp3) is 0.412. The summed E-state index contributed by atoms with van der Waals surface area (Å²) in [6.07, 6.45) is 0.918. The van der Waals surface area contributed by atoms with E-state index in [4.69, 9.17) is 4.74 Å². The average Bonchev–Trinajstić information content (AvgIpc) is 3.03. The number of carbonyl (C=O) groups excluding carboxylic acids is 1. The maximum absolute atomic E-state index is 12.7. The number of aromatic amines is 1. The normalized spacial score (nSPS) is 17.1. The van der Waals surface area contributed by atoms with Crippen LogP contribution in [-0.2, 0) is 11.3 Å². The number of nitrogens with zero attached hydrogens (tertiary/aromatic N) is 2. The van der Waals surface area contributed by atoms with Gasteiger partial charge in [-0.05, 0) is 18.9 Å². The molecule has 1 N–H and O–H groups in total. The van der Waals surface area contributed by atoms with Gasteiger partial charge in [0.05, 0.1) is 18.3 Å². The molecule has 22 heavy (non-hydrogen) atoms. The van der Waals surface area contributed by atoms with Gasteiger partial charge in [-0.2, -0.15) is 5.10 Å². The molecular formula is C17H21N3O2. The summed E-state index contributed by atoms with van der Waals surface area (Å²) in [5.41, 5.74) is 4.70. The number of hydrogen-bond acceptors (Lipinski definition) is 3. The number of rotatable bonds is 5. The summed E-state index contributed by atoms with van der Waals surface area (Å²) >= 11 is 0. The van der Waals surface area contributed by atoms with Crippen LogP contribution in [0.1, 0.15) is 52.3 Å². The molecule has 1 unspecified atom stereocenters. The molecule has 1 amide bonds. The van der Waals surface area contributed by atoms with E-state index < -0.39 is 0 Å². The molecule has 0 radical (unpaired) electrons. The molecule has 0 saturated heterocycles. The van der Waals surface area contributed by atoms with Crippen molar-refractivity contribution in [3.63, 3.8) is 0 Å². The van der Waals surface area contributed by atoms with Crippen molar-refractivity contribution in [1.29, 1.82) is 0 Å². The van der Waals surface area contributed by atoms with Gasteiger partial charge in [0.2, 0.25) is 0 Å². The lowest BCUT2D eigenvalue weighted by molar-refractivity contribution is 0.0742. The zero-order valence-corrected chi connectivity index (χ0v) is 13.2. The lowest BCUT2D eigenvalue weighted by Gasteiger charge is -2.26. The zero-order chi connectivity index (χ0) is 15.7. The molecule has 1 aromatic carbocycles. The molecule has 0 aliphatic carbocycles. The lowest BCUT2D eigenvalue weighted by Crippen LogP contribution is -2.30. The minimum absolute atomic E-state index is 0.000952. The Balaban J connectivity index is 2.10. The van der Waals surface area contributed by atoms with Crippen LogP contribution in [-0.4, -0.2) is 34.7 Å². The van der Waals surface area contributed by atoms with Crippen molar-refractivity contribution in [2.75, 3.05) is 13.7 Å². The molecule has 0 saturated carbocycles. The van der Waals surface area contributed by atoms with Crippen LogP contribution in [0.25, 0.3) is 0 Å². The molecule has 5 heteroatoms. The Kier molecular flexibility index (Phi) is 3.98. The van der Waals surface area contributed by atoms with Crippen molar-refractivity contribution in [3.05, 3.63) is 52.3 Å². The maximum Gasteiger partial charge on any atom is 0.275 e. The van der Waals surface area contributed by atoms with Crippen LogP contribution in [0.2, 0.25) is 0 Å². The van der Waals surface area contributed by atoms with E-state index in [2.05, 4.69) is 48.3 Å². The van der Waals surface area contributed by atoms with Crippen molar-refractivity contribution in [3.8, 4) is 0 Å². The third-order valence-corrected chi connectivity index (χ3v) is 4.08. The first-order valence-electron chi connectivity index (χ1n) is 7.61. The highest BCUT2D eigenvalue weighted by Crippen LogP contribution is 2.39. The van der Waals surface area contributed by atoms with Gasteiger partial charge in [-0.3, -0.25) is 9.89 Å². The van der Waals surface area contributed by atoms with Crippen molar-refractivity contribution >= 4 is 5.91 Å². The van der Waals surface area contributed by atoms with Gasteiger partial charge < -0.3 is 9.64 Å². The van der Waals surface area contributed by atoms with Crippen LogP contribution in [0.15, 0.2) is 24.3 Å². The number of benzene rings is 1. The van der Waals surface area contributed by atoms with Crippen molar-refractivity contribution in [1.82, 2.24) is 15.1 Å². The maximum atomic E-state index is 12.7. The molecule has 0 bridgehead atoms. The highest BCUT2D eigenvalue weighted by molar-refractivity contribution is 5.98. The monoisotopic (exact) mass is 299 g/mol. The smallest absolute Gasteiger partial charge is 0.275 e. The second-order valence-electron chi connectivity index (χ2n) is 5.71. The van der Waals surface area contributed by atoms with E-state index in [-0.39, 0.29) is 11.9 Å². The second kappa shape index (κ2) is 5.93. The Morgan fingerprint density at radius 2 is 2.05 bits per heavy atom. The Hall–Kier alpha value is -2.14. The molecule has 0 spiro atoms. The number of aromatic nitrogens is 2. The minimum Gasteiger partial charge on any atom is -0.378 e. The van der Waals surface area contributed by atoms with Gasteiger partial charge in [-0.15, -0.1) is 0 Å². The molecule has 116 valence electrons. The SMILES string of the molecule is CCCN1C(=O)c2n[nH]c(COC)c2C1c1ccc(C)cc1.